The molecule has 0 amide bonds. The fourth-order valence-corrected chi connectivity index (χ4v) is 2.85. The number of carbonyl (C=O) groups is 1. The summed E-state index contributed by atoms with van der Waals surface area (Å²) in [6.45, 7) is 1.08. The summed E-state index contributed by atoms with van der Waals surface area (Å²) in [7, 11) is 1.52. The minimum Gasteiger partial charge on any atom is -0.481 e. The predicted octanol–water partition coefficient (Wildman–Crippen LogP) is 1.02. The van der Waals surface area contributed by atoms with Gasteiger partial charge in [-0.05, 0) is 12.8 Å². The second-order valence-electron chi connectivity index (χ2n) is 4.48. The topological polar surface area (TPSA) is 65.0 Å². The number of ether oxygens (including phenoxy) is 3. The minimum atomic E-state index is -1.05. The number of carboxylic acid groups (broad SMARTS) is 1. The molecule has 2 aliphatic rings. The molecule has 0 bridgehead atoms. The summed E-state index contributed by atoms with van der Waals surface area (Å²) < 4.78 is 16.3. The number of rotatable bonds is 3. The molecule has 1 saturated heterocycles. The molecule has 2 fully saturated rings. The molecule has 5 heteroatoms. The van der Waals surface area contributed by atoms with E-state index in [0.29, 0.717) is 26.1 Å². The molecular formula is C11H18O5. The Balaban J connectivity index is 2.34. The first kappa shape index (κ1) is 11.8. The Hall–Kier alpha value is -0.650. The van der Waals surface area contributed by atoms with Gasteiger partial charge in [-0.3, -0.25) is 4.79 Å². The third-order valence-electron chi connectivity index (χ3n) is 3.64. The summed E-state index contributed by atoms with van der Waals surface area (Å²) >= 11 is 0. The van der Waals surface area contributed by atoms with E-state index in [-0.39, 0.29) is 6.61 Å². The molecule has 1 unspecified atom stereocenters. The lowest BCUT2D eigenvalue weighted by atomic mass is 9.69. The van der Waals surface area contributed by atoms with E-state index in [2.05, 4.69) is 0 Å². The van der Waals surface area contributed by atoms with Crippen LogP contribution in [-0.4, -0.2) is 43.8 Å². The Bertz CT molecular complexity index is 268. The van der Waals surface area contributed by atoms with Crippen LogP contribution < -0.4 is 0 Å². The first-order valence-corrected chi connectivity index (χ1v) is 5.67. The molecule has 1 heterocycles. The van der Waals surface area contributed by atoms with Gasteiger partial charge in [0.15, 0.2) is 5.79 Å². The summed E-state index contributed by atoms with van der Waals surface area (Å²) in [5.74, 6) is -1.84. The van der Waals surface area contributed by atoms with Crippen LogP contribution in [0.5, 0.6) is 0 Å². The fraction of sp³-hybridized carbons (Fsp3) is 0.909. The van der Waals surface area contributed by atoms with Gasteiger partial charge in [-0.15, -0.1) is 0 Å². The number of aliphatic carboxylic acids is 1. The lowest BCUT2D eigenvalue weighted by molar-refractivity contribution is -0.266. The summed E-state index contributed by atoms with van der Waals surface area (Å²) in [5, 5.41) is 9.51. The first-order chi connectivity index (χ1) is 7.67. The normalized spacial score (nSPS) is 33.1. The van der Waals surface area contributed by atoms with Gasteiger partial charge in [0.05, 0.1) is 19.8 Å². The highest BCUT2D eigenvalue weighted by Crippen LogP contribution is 2.49. The Kier molecular flexibility index (Phi) is 3.19. The van der Waals surface area contributed by atoms with Crippen LogP contribution in [0, 0.1) is 5.41 Å². The molecule has 0 radical (unpaired) electrons. The number of hydrogen-bond donors (Lipinski definition) is 1. The third-order valence-corrected chi connectivity index (χ3v) is 3.64. The lowest BCUT2D eigenvalue weighted by Crippen LogP contribution is -2.58. The van der Waals surface area contributed by atoms with E-state index in [9.17, 15) is 9.90 Å². The van der Waals surface area contributed by atoms with Crippen molar-refractivity contribution < 1.29 is 24.1 Å². The lowest BCUT2D eigenvalue weighted by Gasteiger charge is -2.46. The average Bonchev–Trinajstić information content (AvgIpc) is 2.71. The van der Waals surface area contributed by atoms with Crippen LogP contribution in [0.15, 0.2) is 0 Å². The summed E-state index contributed by atoms with van der Waals surface area (Å²) in [5.41, 5.74) is -1.05. The van der Waals surface area contributed by atoms with Gasteiger partial charge in [0.2, 0.25) is 0 Å². The second kappa shape index (κ2) is 4.31. The van der Waals surface area contributed by atoms with Gasteiger partial charge in [0, 0.05) is 13.5 Å². The fourth-order valence-electron chi connectivity index (χ4n) is 2.85. The van der Waals surface area contributed by atoms with Crippen LogP contribution >= 0.6 is 0 Å². The molecule has 1 atom stereocenters. The molecule has 1 saturated carbocycles. The predicted molar refractivity (Wildman–Crippen MR) is 55.0 cm³/mol. The van der Waals surface area contributed by atoms with Crippen molar-refractivity contribution in [2.24, 2.45) is 5.41 Å². The molecule has 5 nitrogen and oxygen atoms in total. The average molecular weight is 230 g/mol. The van der Waals surface area contributed by atoms with Crippen molar-refractivity contribution in [1.29, 1.82) is 0 Å². The van der Waals surface area contributed by atoms with E-state index in [4.69, 9.17) is 14.2 Å². The van der Waals surface area contributed by atoms with E-state index >= 15 is 0 Å². The minimum absolute atomic E-state index is 0.141. The van der Waals surface area contributed by atoms with Crippen molar-refractivity contribution >= 4 is 5.97 Å². The zero-order valence-corrected chi connectivity index (χ0v) is 9.53. The van der Waals surface area contributed by atoms with E-state index in [1.54, 1.807) is 0 Å². The maximum Gasteiger partial charge on any atom is 0.317 e. The highest BCUT2D eigenvalue weighted by molar-refractivity contribution is 5.76. The van der Waals surface area contributed by atoms with Crippen molar-refractivity contribution in [2.75, 3.05) is 26.9 Å². The molecule has 16 heavy (non-hydrogen) atoms. The summed E-state index contributed by atoms with van der Waals surface area (Å²) in [4.78, 5) is 11.6. The van der Waals surface area contributed by atoms with Crippen LogP contribution in [-0.2, 0) is 19.0 Å². The van der Waals surface area contributed by atoms with Crippen molar-refractivity contribution in [1.82, 2.24) is 0 Å². The summed E-state index contributed by atoms with van der Waals surface area (Å²) in [6.07, 6.45) is 3.02. The Morgan fingerprint density at radius 1 is 1.31 bits per heavy atom. The number of hydrogen-bond acceptors (Lipinski definition) is 4. The second-order valence-corrected chi connectivity index (χ2v) is 4.48. The maximum atomic E-state index is 11.6. The highest BCUT2D eigenvalue weighted by Gasteiger charge is 2.62. The zero-order chi connectivity index (χ0) is 11.6. The molecule has 0 aromatic heterocycles. The number of carboxylic acids is 1. The third kappa shape index (κ3) is 1.54. The Morgan fingerprint density at radius 3 is 2.50 bits per heavy atom. The van der Waals surface area contributed by atoms with E-state index < -0.39 is 17.2 Å². The molecular weight excluding hydrogens is 212 g/mol. The van der Waals surface area contributed by atoms with Crippen LogP contribution in [0.1, 0.15) is 25.7 Å². The van der Waals surface area contributed by atoms with Gasteiger partial charge < -0.3 is 19.3 Å². The van der Waals surface area contributed by atoms with Crippen molar-refractivity contribution in [2.45, 2.75) is 31.5 Å². The largest absolute Gasteiger partial charge is 0.481 e. The van der Waals surface area contributed by atoms with Crippen molar-refractivity contribution in [3.63, 3.8) is 0 Å². The molecule has 0 aromatic carbocycles. The summed E-state index contributed by atoms with van der Waals surface area (Å²) in [6, 6.07) is 0. The first-order valence-electron chi connectivity index (χ1n) is 5.67. The monoisotopic (exact) mass is 230 g/mol. The van der Waals surface area contributed by atoms with Gasteiger partial charge in [0.25, 0.3) is 0 Å². The van der Waals surface area contributed by atoms with Crippen LogP contribution in [0.25, 0.3) is 0 Å². The van der Waals surface area contributed by atoms with E-state index in [0.717, 1.165) is 12.8 Å². The quantitative estimate of drug-likeness (QED) is 0.784. The van der Waals surface area contributed by atoms with E-state index in [1.807, 2.05) is 0 Å². The molecule has 1 spiro atoms. The smallest absolute Gasteiger partial charge is 0.317 e. The van der Waals surface area contributed by atoms with Crippen molar-refractivity contribution in [3.05, 3.63) is 0 Å². The SMILES string of the molecule is COCC1(C(=O)O)CCCCC12OCCO2. The molecule has 1 aliphatic carbocycles. The van der Waals surface area contributed by atoms with E-state index in [1.165, 1.54) is 7.11 Å². The van der Waals surface area contributed by atoms with Gasteiger partial charge in [0.1, 0.15) is 5.41 Å². The van der Waals surface area contributed by atoms with Crippen molar-refractivity contribution in [3.8, 4) is 0 Å². The van der Waals surface area contributed by atoms with Crippen LogP contribution in [0.2, 0.25) is 0 Å². The molecule has 0 aromatic rings. The molecule has 1 N–H and O–H groups in total. The van der Waals surface area contributed by atoms with Gasteiger partial charge in [-0.1, -0.05) is 6.42 Å². The zero-order valence-electron chi connectivity index (χ0n) is 9.53. The maximum absolute atomic E-state index is 11.6. The van der Waals surface area contributed by atoms with Gasteiger partial charge >= 0.3 is 5.97 Å². The van der Waals surface area contributed by atoms with Crippen LogP contribution in [0.4, 0.5) is 0 Å². The van der Waals surface area contributed by atoms with Crippen LogP contribution in [0.3, 0.4) is 0 Å². The Labute approximate surface area is 94.7 Å². The molecule has 92 valence electrons. The van der Waals surface area contributed by atoms with Gasteiger partial charge in [-0.25, -0.2) is 0 Å². The molecule has 2 rings (SSSR count). The number of methoxy groups -OCH3 is 1. The molecule has 1 aliphatic heterocycles. The standard InChI is InChI=1S/C11H18O5/c1-14-8-10(9(12)13)4-2-3-5-11(10)15-6-7-16-11/h2-8H2,1H3,(H,12,13). The Morgan fingerprint density at radius 2 is 1.94 bits per heavy atom. The van der Waals surface area contributed by atoms with Gasteiger partial charge in [-0.2, -0.15) is 0 Å². The highest BCUT2D eigenvalue weighted by atomic mass is 16.7.